The fourth-order valence-electron chi connectivity index (χ4n) is 2.42. The van der Waals surface area contributed by atoms with Crippen LogP contribution in [0.4, 0.5) is 0 Å². The number of aliphatic hydroxyl groups is 2. The largest absolute Gasteiger partial charge is 0.491 e. The summed E-state index contributed by atoms with van der Waals surface area (Å²) in [7, 11) is 0. The van der Waals surface area contributed by atoms with Crippen LogP contribution in [-0.4, -0.2) is 35.8 Å². The summed E-state index contributed by atoms with van der Waals surface area (Å²) in [5, 5.41) is 20.6. The van der Waals surface area contributed by atoms with E-state index >= 15 is 0 Å². The zero-order valence-corrected chi connectivity index (χ0v) is 10.3. The number of ether oxygens (including phenoxy) is 1. The molecule has 1 aliphatic rings. The van der Waals surface area contributed by atoms with Crippen molar-refractivity contribution in [2.45, 2.75) is 0 Å². The molecule has 4 heteroatoms. The Labute approximate surface area is 110 Å². The highest BCUT2D eigenvalue weighted by atomic mass is 16.5. The number of rotatable bonds is 2. The SMILES string of the molecule is O=C1c2ccc3ccccc3c2OCC1(CO)CO. The number of aliphatic hydroxyl groups excluding tert-OH is 2. The molecule has 1 aliphatic heterocycles. The molecule has 0 amide bonds. The van der Waals surface area contributed by atoms with Gasteiger partial charge in [-0.1, -0.05) is 30.3 Å². The Balaban J connectivity index is 2.21. The number of hydrogen-bond donors (Lipinski definition) is 2. The fraction of sp³-hybridized carbons (Fsp3) is 0.267. The third-order valence-corrected chi connectivity index (χ3v) is 3.70. The van der Waals surface area contributed by atoms with Gasteiger partial charge in [0.1, 0.15) is 17.8 Å². The highest BCUT2D eigenvalue weighted by molar-refractivity contribution is 6.08. The summed E-state index contributed by atoms with van der Waals surface area (Å²) in [6.45, 7) is -0.844. The molecule has 3 rings (SSSR count). The molecule has 0 aromatic heterocycles. The van der Waals surface area contributed by atoms with Crippen molar-refractivity contribution in [3.8, 4) is 5.75 Å². The van der Waals surface area contributed by atoms with Crippen molar-refractivity contribution in [3.63, 3.8) is 0 Å². The quantitative estimate of drug-likeness (QED) is 0.854. The van der Waals surface area contributed by atoms with Crippen LogP contribution in [0.3, 0.4) is 0 Å². The zero-order valence-electron chi connectivity index (χ0n) is 10.3. The summed E-state index contributed by atoms with van der Waals surface area (Å²) in [6.07, 6.45) is 0. The van der Waals surface area contributed by atoms with Crippen LogP contribution >= 0.6 is 0 Å². The van der Waals surface area contributed by atoms with Crippen LogP contribution in [0, 0.1) is 5.41 Å². The Kier molecular flexibility index (Phi) is 2.77. The van der Waals surface area contributed by atoms with Gasteiger partial charge in [0, 0.05) is 5.39 Å². The second-order valence-corrected chi connectivity index (χ2v) is 4.88. The lowest BCUT2D eigenvalue weighted by Crippen LogP contribution is -2.46. The Morgan fingerprint density at radius 2 is 1.84 bits per heavy atom. The molecule has 2 aromatic rings. The van der Waals surface area contributed by atoms with Crippen LogP contribution in [0.5, 0.6) is 5.75 Å². The number of benzene rings is 2. The zero-order chi connectivity index (χ0) is 13.5. The molecule has 0 bridgehead atoms. The first-order valence-electron chi connectivity index (χ1n) is 6.13. The Morgan fingerprint density at radius 1 is 1.11 bits per heavy atom. The summed E-state index contributed by atoms with van der Waals surface area (Å²) in [4.78, 5) is 12.4. The fourth-order valence-corrected chi connectivity index (χ4v) is 2.42. The highest BCUT2D eigenvalue weighted by Crippen LogP contribution is 2.38. The van der Waals surface area contributed by atoms with E-state index in [-0.39, 0.29) is 12.4 Å². The van der Waals surface area contributed by atoms with E-state index in [1.54, 1.807) is 6.07 Å². The van der Waals surface area contributed by atoms with Gasteiger partial charge in [-0.3, -0.25) is 4.79 Å². The van der Waals surface area contributed by atoms with Gasteiger partial charge in [0.05, 0.1) is 18.8 Å². The van der Waals surface area contributed by atoms with Gasteiger partial charge in [0.25, 0.3) is 0 Å². The smallest absolute Gasteiger partial charge is 0.180 e. The minimum absolute atomic E-state index is 0.000158. The molecule has 0 saturated carbocycles. The number of hydrogen-bond acceptors (Lipinski definition) is 4. The lowest BCUT2D eigenvalue weighted by atomic mass is 9.80. The minimum atomic E-state index is -1.23. The summed E-state index contributed by atoms with van der Waals surface area (Å²) < 4.78 is 5.66. The van der Waals surface area contributed by atoms with E-state index in [0.29, 0.717) is 11.3 Å². The first kappa shape index (κ1) is 12.1. The van der Waals surface area contributed by atoms with E-state index in [1.165, 1.54) is 0 Å². The predicted octanol–water partition coefficient (Wildman–Crippen LogP) is 1.39. The summed E-state index contributed by atoms with van der Waals surface area (Å²) in [5.74, 6) is 0.283. The molecule has 0 aliphatic carbocycles. The average molecular weight is 258 g/mol. The monoisotopic (exact) mass is 258 g/mol. The maximum atomic E-state index is 12.4. The van der Waals surface area contributed by atoms with Crippen molar-refractivity contribution >= 4 is 16.6 Å². The van der Waals surface area contributed by atoms with Gasteiger partial charge in [0.15, 0.2) is 5.78 Å². The third-order valence-electron chi connectivity index (χ3n) is 3.70. The van der Waals surface area contributed by atoms with Crippen molar-refractivity contribution in [2.75, 3.05) is 19.8 Å². The van der Waals surface area contributed by atoms with Crippen molar-refractivity contribution in [1.29, 1.82) is 0 Å². The topological polar surface area (TPSA) is 66.8 Å². The van der Waals surface area contributed by atoms with E-state index in [4.69, 9.17) is 4.74 Å². The van der Waals surface area contributed by atoms with Crippen LogP contribution in [-0.2, 0) is 0 Å². The molecule has 4 nitrogen and oxygen atoms in total. The Bertz CT molecular complexity index is 644. The number of Topliss-reactive ketones (excluding diaryl/α,β-unsaturated/α-hetero) is 1. The lowest BCUT2D eigenvalue weighted by molar-refractivity contribution is 0.0116. The van der Waals surface area contributed by atoms with E-state index in [2.05, 4.69) is 0 Å². The highest BCUT2D eigenvalue weighted by Gasteiger charge is 2.43. The Hall–Kier alpha value is -1.91. The first-order chi connectivity index (χ1) is 9.22. The summed E-state index contributed by atoms with van der Waals surface area (Å²) in [6, 6.07) is 11.2. The van der Waals surface area contributed by atoms with Crippen molar-refractivity contribution in [2.24, 2.45) is 5.41 Å². The van der Waals surface area contributed by atoms with Gasteiger partial charge in [-0.05, 0) is 11.5 Å². The average Bonchev–Trinajstić information content (AvgIpc) is 2.48. The number of fused-ring (bicyclic) bond motifs is 3. The van der Waals surface area contributed by atoms with Crippen LogP contribution < -0.4 is 4.74 Å². The molecule has 0 spiro atoms. The molecule has 0 unspecified atom stereocenters. The van der Waals surface area contributed by atoms with E-state index < -0.39 is 18.6 Å². The molecule has 2 aromatic carbocycles. The van der Waals surface area contributed by atoms with Crippen molar-refractivity contribution in [3.05, 3.63) is 42.0 Å². The normalized spacial score (nSPS) is 17.1. The van der Waals surface area contributed by atoms with E-state index in [1.807, 2.05) is 30.3 Å². The van der Waals surface area contributed by atoms with Gasteiger partial charge in [0.2, 0.25) is 0 Å². The maximum absolute atomic E-state index is 12.4. The van der Waals surface area contributed by atoms with Crippen LogP contribution in [0.1, 0.15) is 10.4 Å². The molecular formula is C15H14O4. The standard InChI is InChI=1S/C15H14O4/c16-7-15(8-17)9-19-13-11-4-2-1-3-10(11)5-6-12(13)14(15)18/h1-6,16-17H,7-9H2. The second-order valence-electron chi connectivity index (χ2n) is 4.88. The molecule has 19 heavy (non-hydrogen) atoms. The van der Waals surface area contributed by atoms with Gasteiger partial charge >= 0.3 is 0 Å². The van der Waals surface area contributed by atoms with E-state index in [0.717, 1.165) is 10.8 Å². The van der Waals surface area contributed by atoms with Gasteiger partial charge in [-0.2, -0.15) is 0 Å². The predicted molar refractivity (Wildman–Crippen MR) is 70.4 cm³/mol. The number of carbonyl (C=O) groups excluding carboxylic acids is 1. The number of ketones is 1. The summed E-state index contributed by atoms with van der Waals surface area (Å²) in [5.41, 5.74) is -0.803. The van der Waals surface area contributed by atoms with Crippen molar-refractivity contribution in [1.82, 2.24) is 0 Å². The maximum Gasteiger partial charge on any atom is 0.180 e. The van der Waals surface area contributed by atoms with Crippen LogP contribution in [0.25, 0.3) is 10.8 Å². The van der Waals surface area contributed by atoms with Crippen LogP contribution in [0.2, 0.25) is 0 Å². The summed E-state index contributed by atoms with van der Waals surface area (Å²) >= 11 is 0. The molecule has 0 atom stereocenters. The Morgan fingerprint density at radius 3 is 2.58 bits per heavy atom. The molecule has 98 valence electrons. The first-order valence-corrected chi connectivity index (χ1v) is 6.13. The molecule has 1 heterocycles. The molecule has 2 N–H and O–H groups in total. The minimum Gasteiger partial charge on any atom is -0.491 e. The second kappa shape index (κ2) is 4.33. The lowest BCUT2D eigenvalue weighted by Gasteiger charge is -2.33. The van der Waals surface area contributed by atoms with Gasteiger partial charge < -0.3 is 14.9 Å². The van der Waals surface area contributed by atoms with Crippen LogP contribution in [0.15, 0.2) is 36.4 Å². The van der Waals surface area contributed by atoms with Crippen molar-refractivity contribution < 1.29 is 19.7 Å². The number of carbonyl (C=O) groups is 1. The van der Waals surface area contributed by atoms with E-state index in [9.17, 15) is 15.0 Å². The van der Waals surface area contributed by atoms with Gasteiger partial charge in [-0.15, -0.1) is 0 Å². The molecule has 0 fully saturated rings. The molecule has 0 saturated heterocycles. The third kappa shape index (κ3) is 1.64. The van der Waals surface area contributed by atoms with Gasteiger partial charge in [-0.25, -0.2) is 0 Å². The molecular weight excluding hydrogens is 244 g/mol. The molecule has 0 radical (unpaired) electrons.